The number of benzene rings is 1. The van der Waals surface area contributed by atoms with Gasteiger partial charge in [0.1, 0.15) is 6.54 Å². The minimum atomic E-state index is 0. The lowest BCUT2D eigenvalue weighted by molar-refractivity contribution is -0.127. The number of nitrogens with zero attached hydrogens (tertiary/aromatic N) is 4. The number of hydrogen-bond donors (Lipinski definition) is 1. The molecule has 0 unspecified atom stereocenters. The molecule has 1 aliphatic rings. The summed E-state index contributed by atoms with van der Waals surface area (Å²) < 4.78 is 0. The number of nitrogens with one attached hydrogen (secondary N) is 1. The van der Waals surface area contributed by atoms with Crippen LogP contribution in [0.5, 0.6) is 0 Å². The number of carbonyl (C=O) groups excluding carboxylic acids is 1. The van der Waals surface area contributed by atoms with Gasteiger partial charge < -0.3 is 15.1 Å². The molecular formula is C21H36IN5O. The number of rotatable bonds is 7. The molecule has 28 heavy (non-hydrogen) atoms. The second-order valence-corrected chi connectivity index (χ2v) is 7.77. The zero-order valence-corrected chi connectivity index (χ0v) is 20.1. The standard InChI is InChI=1S/C21H35N5O.HI/c1-18(2)17-25-12-14-26(15-13-25)21(23-16-20(27)24(3)4)22-11-10-19-8-6-5-7-9-19;/h5-9,18H,10-17H2,1-4H3,(H,22,23);1H. The molecule has 0 bridgehead atoms. The maximum absolute atomic E-state index is 12.0. The average Bonchev–Trinajstić information content (AvgIpc) is 2.65. The van der Waals surface area contributed by atoms with Gasteiger partial charge in [-0.05, 0) is 17.9 Å². The molecule has 2 rings (SSSR count). The summed E-state index contributed by atoms with van der Waals surface area (Å²) in [5, 5.41) is 3.47. The number of piperazine rings is 1. The first kappa shape index (κ1) is 24.7. The van der Waals surface area contributed by atoms with Crippen LogP contribution < -0.4 is 5.32 Å². The molecule has 1 aliphatic heterocycles. The maximum atomic E-state index is 12.0. The van der Waals surface area contributed by atoms with E-state index in [9.17, 15) is 4.79 Å². The second kappa shape index (κ2) is 13.0. The first-order chi connectivity index (χ1) is 13.0. The molecule has 0 aliphatic carbocycles. The molecule has 0 radical (unpaired) electrons. The summed E-state index contributed by atoms with van der Waals surface area (Å²) in [7, 11) is 3.54. The van der Waals surface area contributed by atoms with Crippen LogP contribution in [0.4, 0.5) is 0 Å². The molecule has 1 aromatic rings. The highest BCUT2D eigenvalue weighted by atomic mass is 127. The highest BCUT2D eigenvalue weighted by Gasteiger charge is 2.20. The number of guanidine groups is 1. The molecule has 1 fully saturated rings. The summed E-state index contributed by atoms with van der Waals surface area (Å²) in [5.41, 5.74) is 1.30. The van der Waals surface area contributed by atoms with Crippen LogP contribution in [0, 0.1) is 5.92 Å². The smallest absolute Gasteiger partial charge is 0.243 e. The van der Waals surface area contributed by atoms with Crippen molar-refractivity contribution in [3.05, 3.63) is 35.9 Å². The maximum Gasteiger partial charge on any atom is 0.243 e. The van der Waals surface area contributed by atoms with Crippen molar-refractivity contribution in [3.8, 4) is 0 Å². The molecule has 0 atom stereocenters. The Labute approximate surface area is 187 Å². The Morgan fingerprint density at radius 1 is 1.14 bits per heavy atom. The van der Waals surface area contributed by atoms with Gasteiger partial charge in [0.05, 0.1) is 0 Å². The van der Waals surface area contributed by atoms with E-state index in [1.807, 2.05) is 6.07 Å². The van der Waals surface area contributed by atoms with Crippen molar-refractivity contribution in [1.82, 2.24) is 20.0 Å². The minimum Gasteiger partial charge on any atom is -0.356 e. The topological polar surface area (TPSA) is 51.2 Å². The van der Waals surface area contributed by atoms with E-state index < -0.39 is 0 Å². The van der Waals surface area contributed by atoms with Gasteiger partial charge in [-0.3, -0.25) is 9.69 Å². The van der Waals surface area contributed by atoms with Gasteiger partial charge in [0.25, 0.3) is 0 Å². The van der Waals surface area contributed by atoms with Crippen LogP contribution in [0.15, 0.2) is 35.3 Å². The van der Waals surface area contributed by atoms with Gasteiger partial charge in [0, 0.05) is 53.4 Å². The SMILES string of the molecule is CC(C)CN1CCN(C(=NCC(=O)N(C)C)NCCc2ccccc2)CC1.I. The Bertz CT molecular complexity index is 598. The van der Waals surface area contributed by atoms with E-state index in [4.69, 9.17) is 0 Å². The van der Waals surface area contributed by atoms with E-state index in [0.29, 0.717) is 5.92 Å². The van der Waals surface area contributed by atoms with Gasteiger partial charge in [-0.2, -0.15) is 0 Å². The molecule has 1 amide bonds. The molecule has 0 aromatic heterocycles. The summed E-state index contributed by atoms with van der Waals surface area (Å²) >= 11 is 0. The van der Waals surface area contributed by atoms with Gasteiger partial charge in [0.15, 0.2) is 5.96 Å². The molecule has 6 nitrogen and oxygen atoms in total. The van der Waals surface area contributed by atoms with Crippen molar-refractivity contribution in [2.75, 3.05) is 59.9 Å². The number of aliphatic imine (C=N–C) groups is 1. The Hall–Kier alpha value is -1.35. The van der Waals surface area contributed by atoms with Gasteiger partial charge >= 0.3 is 0 Å². The predicted octanol–water partition coefficient (Wildman–Crippen LogP) is 2.15. The van der Waals surface area contributed by atoms with Gasteiger partial charge in [0.2, 0.25) is 5.91 Å². The normalized spacial score (nSPS) is 15.3. The largest absolute Gasteiger partial charge is 0.356 e. The third-order valence-corrected chi connectivity index (χ3v) is 4.70. The fourth-order valence-corrected chi connectivity index (χ4v) is 3.17. The Balaban J connectivity index is 0.00000392. The lowest BCUT2D eigenvalue weighted by Gasteiger charge is -2.37. The quantitative estimate of drug-likeness (QED) is 0.354. The molecule has 1 aromatic carbocycles. The van der Waals surface area contributed by atoms with Crippen LogP contribution in [0.25, 0.3) is 0 Å². The van der Waals surface area contributed by atoms with E-state index in [1.165, 1.54) is 5.56 Å². The van der Waals surface area contributed by atoms with Crippen LogP contribution in [0.2, 0.25) is 0 Å². The number of carbonyl (C=O) groups is 1. The van der Waals surface area contributed by atoms with Crippen LogP contribution in [-0.4, -0.2) is 86.5 Å². The van der Waals surface area contributed by atoms with Crippen LogP contribution in [-0.2, 0) is 11.2 Å². The third-order valence-electron chi connectivity index (χ3n) is 4.70. The lowest BCUT2D eigenvalue weighted by atomic mass is 10.1. The van der Waals surface area contributed by atoms with Crippen molar-refractivity contribution < 1.29 is 4.79 Å². The van der Waals surface area contributed by atoms with Crippen molar-refractivity contribution in [2.24, 2.45) is 10.9 Å². The molecule has 0 spiro atoms. The van der Waals surface area contributed by atoms with Crippen molar-refractivity contribution in [1.29, 1.82) is 0 Å². The van der Waals surface area contributed by atoms with E-state index in [1.54, 1.807) is 19.0 Å². The van der Waals surface area contributed by atoms with Gasteiger partial charge in [-0.25, -0.2) is 4.99 Å². The molecule has 1 N–H and O–H groups in total. The third kappa shape index (κ3) is 8.77. The van der Waals surface area contributed by atoms with E-state index >= 15 is 0 Å². The van der Waals surface area contributed by atoms with E-state index in [2.05, 4.69) is 58.2 Å². The van der Waals surface area contributed by atoms with E-state index in [-0.39, 0.29) is 36.4 Å². The summed E-state index contributed by atoms with van der Waals surface area (Å²) in [6.07, 6.45) is 0.939. The van der Waals surface area contributed by atoms with Gasteiger partial charge in [-0.1, -0.05) is 44.2 Å². The minimum absolute atomic E-state index is 0. The number of halogens is 1. The first-order valence-corrected chi connectivity index (χ1v) is 9.95. The first-order valence-electron chi connectivity index (χ1n) is 9.95. The average molecular weight is 501 g/mol. The number of likely N-dealkylation sites (N-methyl/N-ethyl adjacent to an activating group) is 1. The van der Waals surface area contributed by atoms with E-state index in [0.717, 1.165) is 51.6 Å². The molecule has 1 saturated heterocycles. The molecular weight excluding hydrogens is 465 g/mol. The highest BCUT2D eigenvalue weighted by Crippen LogP contribution is 2.06. The van der Waals surface area contributed by atoms with Crippen molar-refractivity contribution in [3.63, 3.8) is 0 Å². The zero-order chi connectivity index (χ0) is 19.6. The lowest BCUT2D eigenvalue weighted by Crippen LogP contribution is -2.53. The summed E-state index contributed by atoms with van der Waals surface area (Å²) in [6.45, 7) is 10.6. The Kier molecular flexibility index (Phi) is 11.4. The Morgan fingerprint density at radius 3 is 2.36 bits per heavy atom. The van der Waals surface area contributed by atoms with Crippen LogP contribution in [0.3, 0.4) is 0 Å². The number of hydrogen-bond acceptors (Lipinski definition) is 3. The van der Waals surface area contributed by atoms with Crippen molar-refractivity contribution in [2.45, 2.75) is 20.3 Å². The molecule has 7 heteroatoms. The fourth-order valence-electron chi connectivity index (χ4n) is 3.17. The van der Waals surface area contributed by atoms with Crippen molar-refractivity contribution >= 4 is 35.8 Å². The summed E-state index contributed by atoms with van der Waals surface area (Å²) in [5.74, 6) is 1.56. The summed E-state index contributed by atoms with van der Waals surface area (Å²) in [4.78, 5) is 22.9. The highest BCUT2D eigenvalue weighted by molar-refractivity contribution is 14.0. The molecule has 0 saturated carbocycles. The zero-order valence-electron chi connectivity index (χ0n) is 17.7. The molecule has 158 valence electrons. The predicted molar refractivity (Wildman–Crippen MR) is 127 cm³/mol. The second-order valence-electron chi connectivity index (χ2n) is 7.77. The summed E-state index contributed by atoms with van der Waals surface area (Å²) in [6, 6.07) is 10.4. The van der Waals surface area contributed by atoms with Crippen LogP contribution >= 0.6 is 24.0 Å². The molecule has 1 heterocycles. The fraction of sp³-hybridized carbons (Fsp3) is 0.619. The number of amides is 1. The van der Waals surface area contributed by atoms with Crippen LogP contribution in [0.1, 0.15) is 19.4 Å². The monoisotopic (exact) mass is 501 g/mol. The Morgan fingerprint density at radius 2 is 1.79 bits per heavy atom. The van der Waals surface area contributed by atoms with Gasteiger partial charge in [-0.15, -0.1) is 24.0 Å².